The Bertz CT molecular complexity index is 539. The van der Waals surface area contributed by atoms with E-state index in [1.54, 1.807) is 12.3 Å². The molecule has 0 radical (unpaired) electrons. The number of methoxy groups -OCH3 is 1. The van der Waals surface area contributed by atoms with Crippen LogP contribution in [0.2, 0.25) is 0 Å². The molecule has 6 nitrogen and oxygen atoms in total. The molecule has 0 saturated carbocycles. The third kappa shape index (κ3) is 3.21. The topological polar surface area (TPSA) is 78.1 Å². The van der Waals surface area contributed by atoms with Gasteiger partial charge in [-0.25, -0.2) is 0 Å². The molecule has 0 atom stereocenters. The molecule has 7 heteroatoms. The van der Waals surface area contributed by atoms with Crippen LogP contribution < -0.4 is 0 Å². The van der Waals surface area contributed by atoms with E-state index < -0.39 is 0 Å². The predicted octanol–water partition coefficient (Wildman–Crippen LogP) is 1.65. The summed E-state index contributed by atoms with van der Waals surface area (Å²) in [6.45, 7) is 0.0360. The van der Waals surface area contributed by atoms with E-state index in [4.69, 9.17) is 9.26 Å². The zero-order valence-corrected chi connectivity index (χ0v) is 11.2. The molecule has 18 heavy (non-hydrogen) atoms. The number of hydrogen-bond donors (Lipinski definition) is 0. The van der Waals surface area contributed by atoms with Crippen molar-refractivity contribution in [1.29, 1.82) is 0 Å². The van der Waals surface area contributed by atoms with Gasteiger partial charge in [-0.05, 0) is 28.1 Å². The van der Waals surface area contributed by atoms with Gasteiger partial charge in [0.15, 0.2) is 5.78 Å². The standard InChI is InChI=1S/C11H10BrN3O3/c1-17-6-8(16)4-10-14-11(15-18-10)9-3-2-7(12)5-13-9/h2-3,5H,4,6H2,1H3. The fourth-order valence-corrected chi connectivity index (χ4v) is 1.55. The molecule has 0 aliphatic heterocycles. The third-order valence-electron chi connectivity index (χ3n) is 2.08. The van der Waals surface area contributed by atoms with Gasteiger partial charge in [0.2, 0.25) is 11.7 Å². The molecule has 0 aromatic carbocycles. The van der Waals surface area contributed by atoms with E-state index in [9.17, 15) is 4.79 Å². The minimum Gasteiger partial charge on any atom is -0.377 e. The fourth-order valence-electron chi connectivity index (χ4n) is 1.32. The van der Waals surface area contributed by atoms with E-state index in [0.717, 1.165) is 4.47 Å². The van der Waals surface area contributed by atoms with Crippen molar-refractivity contribution in [2.75, 3.05) is 13.7 Å². The van der Waals surface area contributed by atoms with Crippen molar-refractivity contribution in [1.82, 2.24) is 15.1 Å². The number of aromatic nitrogens is 3. The number of carbonyl (C=O) groups excluding carboxylic acids is 1. The van der Waals surface area contributed by atoms with Gasteiger partial charge in [-0.3, -0.25) is 9.78 Å². The average Bonchev–Trinajstić information content (AvgIpc) is 2.78. The van der Waals surface area contributed by atoms with Crippen LogP contribution in [-0.4, -0.2) is 34.6 Å². The Balaban J connectivity index is 2.10. The maximum absolute atomic E-state index is 11.3. The van der Waals surface area contributed by atoms with Crippen LogP contribution in [0.5, 0.6) is 0 Å². The lowest BCUT2D eigenvalue weighted by molar-refractivity contribution is -0.122. The maximum Gasteiger partial charge on any atom is 0.234 e. The van der Waals surface area contributed by atoms with Crippen LogP contribution in [0.25, 0.3) is 11.5 Å². The van der Waals surface area contributed by atoms with Gasteiger partial charge in [-0.15, -0.1) is 0 Å². The number of Topliss-reactive ketones (excluding diaryl/α,β-unsaturated/α-hetero) is 1. The second-order valence-electron chi connectivity index (χ2n) is 3.52. The number of hydrogen-bond acceptors (Lipinski definition) is 6. The number of ketones is 1. The molecule has 0 N–H and O–H groups in total. The Morgan fingerprint density at radius 1 is 1.50 bits per heavy atom. The van der Waals surface area contributed by atoms with Gasteiger partial charge in [-0.1, -0.05) is 5.16 Å². The van der Waals surface area contributed by atoms with Crippen LogP contribution in [-0.2, 0) is 16.0 Å². The van der Waals surface area contributed by atoms with Crippen molar-refractivity contribution < 1.29 is 14.1 Å². The summed E-state index contributed by atoms with van der Waals surface area (Å²) in [5.41, 5.74) is 0.590. The summed E-state index contributed by atoms with van der Waals surface area (Å²) in [6.07, 6.45) is 1.71. The highest BCUT2D eigenvalue weighted by molar-refractivity contribution is 9.10. The minimum absolute atomic E-state index is 0.0360. The molecule has 0 spiro atoms. The molecule has 2 aromatic heterocycles. The van der Waals surface area contributed by atoms with Crippen molar-refractivity contribution >= 4 is 21.7 Å². The number of pyridine rings is 1. The first-order valence-corrected chi connectivity index (χ1v) is 5.93. The molecule has 94 valence electrons. The molecule has 0 aliphatic carbocycles. The van der Waals surface area contributed by atoms with E-state index in [-0.39, 0.29) is 24.7 Å². The average molecular weight is 312 g/mol. The number of rotatable bonds is 5. The monoisotopic (exact) mass is 311 g/mol. The summed E-state index contributed by atoms with van der Waals surface area (Å²) in [5, 5.41) is 3.77. The summed E-state index contributed by atoms with van der Waals surface area (Å²) >= 11 is 3.29. The van der Waals surface area contributed by atoms with Gasteiger partial charge < -0.3 is 9.26 Å². The Morgan fingerprint density at radius 2 is 2.33 bits per heavy atom. The van der Waals surface area contributed by atoms with Gasteiger partial charge in [0, 0.05) is 17.8 Å². The molecule has 0 fully saturated rings. The maximum atomic E-state index is 11.3. The molecule has 0 aliphatic rings. The van der Waals surface area contributed by atoms with E-state index >= 15 is 0 Å². The number of ether oxygens (including phenoxy) is 1. The van der Waals surface area contributed by atoms with Crippen LogP contribution in [0.1, 0.15) is 5.89 Å². The highest BCUT2D eigenvalue weighted by atomic mass is 79.9. The zero-order valence-electron chi connectivity index (χ0n) is 9.59. The van der Waals surface area contributed by atoms with Crippen molar-refractivity contribution in [2.24, 2.45) is 0 Å². The molecule has 0 bridgehead atoms. The normalized spacial score (nSPS) is 10.6. The van der Waals surface area contributed by atoms with E-state index in [1.807, 2.05) is 6.07 Å². The summed E-state index contributed by atoms with van der Waals surface area (Å²) in [6, 6.07) is 3.59. The second kappa shape index (κ2) is 5.83. The van der Waals surface area contributed by atoms with Crippen LogP contribution in [0.3, 0.4) is 0 Å². The lowest BCUT2D eigenvalue weighted by atomic mass is 10.3. The van der Waals surface area contributed by atoms with Crippen molar-refractivity contribution in [2.45, 2.75) is 6.42 Å². The zero-order chi connectivity index (χ0) is 13.0. The Hall–Kier alpha value is -1.60. The molecule has 2 rings (SSSR count). The first-order valence-electron chi connectivity index (χ1n) is 5.14. The summed E-state index contributed by atoms with van der Waals surface area (Å²) in [4.78, 5) is 19.6. The molecular weight excluding hydrogens is 302 g/mol. The van der Waals surface area contributed by atoms with Crippen molar-refractivity contribution in [3.05, 3.63) is 28.7 Å². The van der Waals surface area contributed by atoms with E-state index in [1.165, 1.54) is 7.11 Å². The summed E-state index contributed by atoms with van der Waals surface area (Å²) < 4.78 is 10.6. The second-order valence-corrected chi connectivity index (χ2v) is 4.44. The third-order valence-corrected chi connectivity index (χ3v) is 2.55. The minimum atomic E-state index is -0.114. The lowest BCUT2D eigenvalue weighted by Crippen LogP contribution is -2.09. The Labute approximate surface area is 111 Å². The molecule has 2 aromatic rings. The van der Waals surface area contributed by atoms with Crippen molar-refractivity contribution in [3.63, 3.8) is 0 Å². The molecule has 0 saturated heterocycles. The molecule has 2 heterocycles. The SMILES string of the molecule is COCC(=O)Cc1nc(-c2ccc(Br)cn2)no1. The smallest absolute Gasteiger partial charge is 0.234 e. The molecular formula is C11H10BrN3O3. The van der Waals surface area contributed by atoms with Crippen LogP contribution in [0, 0.1) is 0 Å². The highest BCUT2D eigenvalue weighted by Gasteiger charge is 2.13. The van der Waals surface area contributed by atoms with E-state index in [2.05, 4.69) is 31.1 Å². The highest BCUT2D eigenvalue weighted by Crippen LogP contribution is 2.15. The Kier molecular flexibility index (Phi) is 4.16. The predicted molar refractivity (Wildman–Crippen MR) is 65.8 cm³/mol. The van der Waals surface area contributed by atoms with E-state index in [0.29, 0.717) is 11.5 Å². The first kappa shape index (κ1) is 12.8. The molecule has 0 unspecified atom stereocenters. The number of nitrogens with zero attached hydrogens (tertiary/aromatic N) is 3. The quantitative estimate of drug-likeness (QED) is 0.835. The van der Waals surface area contributed by atoms with Crippen LogP contribution in [0.4, 0.5) is 0 Å². The first-order chi connectivity index (χ1) is 8.69. The van der Waals surface area contributed by atoms with Gasteiger partial charge in [-0.2, -0.15) is 4.98 Å². The molecule has 0 amide bonds. The largest absolute Gasteiger partial charge is 0.377 e. The lowest BCUT2D eigenvalue weighted by Gasteiger charge is -1.94. The fraction of sp³-hybridized carbons (Fsp3) is 0.273. The summed E-state index contributed by atoms with van der Waals surface area (Å²) in [7, 11) is 1.46. The Morgan fingerprint density at radius 3 is 3.00 bits per heavy atom. The number of carbonyl (C=O) groups is 1. The summed E-state index contributed by atoms with van der Waals surface area (Å²) in [5.74, 6) is 0.510. The van der Waals surface area contributed by atoms with Crippen LogP contribution in [0.15, 0.2) is 27.3 Å². The number of halogens is 1. The van der Waals surface area contributed by atoms with Gasteiger partial charge in [0.05, 0.1) is 6.42 Å². The van der Waals surface area contributed by atoms with Gasteiger partial charge >= 0.3 is 0 Å². The van der Waals surface area contributed by atoms with Gasteiger partial charge in [0.1, 0.15) is 12.3 Å². The van der Waals surface area contributed by atoms with Crippen molar-refractivity contribution in [3.8, 4) is 11.5 Å². The van der Waals surface area contributed by atoms with Crippen LogP contribution >= 0.6 is 15.9 Å². The van der Waals surface area contributed by atoms with Gasteiger partial charge in [0.25, 0.3) is 0 Å².